The lowest BCUT2D eigenvalue weighted by Gasteiger charge is -2.45. The standard InChI is InChI=1S/C24H30N8O2S/c1-7-25-9-11-32(10-1)17-12-27-21(28-13-17)31-23-29-14-20(35-23)19-4-8-26-22(30-19)34-18-2-5-24(6-3-18)15-33-16-24/h4,8,12-14,18,25H,1-3,5-7,9-11,15-16H2,(H,27,28,29,31). The molecule has 10 nitrogen and oxygen atoms in total. The largest absolute Gasteiger partial charge is 0.460 e. The summed E-state index contributed by atoms with van der Waals surface area (Å²) in [5.74, 6) is 0.529. The summed E-state index contributed by atoms with van der Waals surface area (Å²) < 4.78 is 11.5. The summed E-state index contributed by atoms with van der Waals surface area (Å²) in [6.45, 7) is 5.82. The average molecular weight is 495 g/mol. The maximum atomic E-state index is 6.13. The third-order valence-electron chi connectivity index (χ3n) is 7.04. The average Bonchev–Trinajstić information content (AvgIpc) is 3.16. The van der Waals surface area contributed by atoms with E-state index in [9.17, 15) is 0 Å². The van der Waals surface area contributed by atoms with Crippen LogP contribution in [0, 0.1) is 5.41 Å². The van der Waals surface area contributed by atoms with Crippen LogP contribution in [-0.2, 0) is 4.74 Å². The molecule has 0 aromatic carbocycles. The molecular weight excluding hydrogens is 464 g/mol. The van der Waals surface area contributed by atoms with Gasteiger partial charge in [0.2, 0.25) is 5.95 Å². The number of nitrogens with zero attached hydrogens (tertiary/aromatic N) is 6. The molecule has 5 heterocycles. The maximum absolute atomic E-state index is 6.13. The fourth-order valence-electron chi connectivity index (χ4n) is 4.88. The summed E-state index contributed by atoms with van der Waals surface area (Å²) in [6, 6.07) is 2.31. The Bertz CT molecular complexity index is 1120. The molecule has 6 rings (SSSR count). The molecule has 3 aromatic heterocycles. The molecule has 2 N–H and O–H groups in total. The maximum Gasteiger partial charge on any atom is 0.317 e. The van der Waals surface area contributed by atoms with Crippen molar-refractivity contribution in [2.45, 2.75) is 38.2 Å². The highest BCUT2D eigenvalue weighted by Crippen LogP contribution is 2.43. The van der Waals surface area contributed by atoms with Gasteiger partial charge in [-0.3, -0.25) is 0 Å². The zero-order valence-electron chi connectivity index (χ0n) is 19.7. The van der Waals surface area contributed by atoms with Crippen LogP contribution in [0.4, 0.5) is 16.8 Å². The topological polar surface area (TPSA) is 110 Å². The second kappa shape index (κ2) is 10.00. The van der Waals surface area contributed by atoms with Crippen LogP contribution >= 0.6 is 11.3 Å². The first kappa shape index (κ1) is 22.6. The van der Waals surface area contributed by atoms with Gasteiger partial charge in [-0.05, 0) is 44.7 Å². The Kier molecular flexibility index (Phi) is 6.45. The second-order valence-electron chi connectivity index (χ2n) is 9.54. The van der Waals surface area contributed by atoms with E-state index in [1.807, 2.05) is 18.5 Å². The molecule has 1 aliphatic carbocycles. The normalized spacial score (nSPS) is 20.3. The minimum atomic E-state index is 0.167. The van der Waals surface area contributed by atoms with Crippen molar-refractivity contribution >= 4 is 28.1 Å². The molecule has 0 amide bonds. The van der Waals surface area contributed by atoms with Gasteiger partial charge in [0.05, 0.1) is 41.9 Å². The monoisotopic (exact) mass is 494 g/mol. The van der Waals surface area contributed by atoms with Crippen LogP contribution in [0.3, 0.4) is 0 Å². The summed E-state index contributed by atoms with van der Waals surface area (Å²) in [5.41, 5.74) is 2.25. The molecule has 1 saturated carbocycles. The SMILES string of the molecule is c1cc(-c2cnc(Nc3ncc(N4CCCNCC4)cn3)s2)nc(OC2CCC3(CC2)COC3)n1. The molecule has 0 atom stereocenters. The van der Waals surface area contributed by atoms with Crippen molar-refractivity contribution in [3.63, 3.8) is 0 Å². The molecule has 0 unspecified atom stereocenters. The molecule has 1 spiro atoms. The van der Waals surface area contributed by atoms with E-state index in [1.165, 1.54) is 11.3 Å². The lowest BCUT2D eigenvalue weighted by molar-refractivity contribution is -0.140. The fourth-order valence-corrected chi connectivity index (χ4v) is 5.66. The molecule has 2 saturated heterocycles. The van der Waals surface area contributed by atoms with Crippen molar-refractivity contribution in [2.75, 3.05) is 49.6 Å². The third-order valence-corrected chi connectivity index (χ3v) is 7.97. The summed E-state index contributed by atoms with van der Waals surface area (Å²) in [4.78, 5) is 25.7. The molecule has 2 aliphatic heterocycles. The van der Waals surface area contributed by atoms with Gasteiger partial charge in [-0.15, -0.1) is 0 Å². The predicted octanol–water partition coefficient (Wildman–Crippen LogP) is 3.27. The number of thiazole rings is 1. The van der Waals surface area contributed by atoms with E-state index in [2.05, 4.69) is 40.5 Å². The smallest absolute Gasteiger partial charge is 0.317 e. The van der Waals surface area contributed by atoms with Crippen LogP contribution in [-0.4, -0.2) is 70.4 Å². The quantitative estimate of drug-likeness (QED) is 0.530. The lowest BCUT2D eigenvalue weighted by Crippen LogP contribution is -2.46. The predicted molar refractivity (Wildman–Crippen MR) is 134 cm³/mol. The van der Waals surface area contributed by atoms with Gasteiger partial charge in [-0.25, -0.2) is 19.9 Å². The molecule has 3 aliphatic rings. The molecule has 184 valence electrons. The fraction of sp³-hybridized carbons (Fsp3) is 0.542. The number of aromatic nitrogens is 5. The number of ether oxygens (including phenoxy) is 2. The Morgan fingerprint density at radius 2 is 1.91 bits per heavy atom. The van der Waals surface area contributed by atoms with Gasteiger partial charge in [-0.1, -0.05) is 11.3 Å². The van der Waals surface area contributed by atoms with E-state index in [0.717, 1.165) is 87.8 Å². The van der Waals surface area contributed by atoms with Gasteiger partial charge in [0.1, 0.15) is 6.10 Å². The van der Waals surface area contributed by atoms with E-state index in [1.54, 1.807) is 12.4 Å². The number of rotatable bonds is 6. The van der Waals surface area contributed by atoms with E-state index in [4.69, 9.17) is 9.47 Å². The van der Waals surface area contributed by atoms with Gasteiger partial charge in [0.15, 0.2) is 5.13 Å². The highest BCUT2D eigenvalue weighted by atomic mass is 32.1. The van der Waals surface area contributed by atoms with Crippen LogP contribution < -0.4 is 20.3 Å². The van der Waals surface area contributed by atoms with Gasteiger partial charge in [0.25, 0.3) is 0 Å². The van der Waals surface area contributed by atoms with Crippen molar-refractivity contribution in [3.05, 3.63) is 30.9 Å². The Balaban J connectivity index is 1.07. The summed E-state index contributed by atoms with van der Waals surface area (Å²) in [6.07, 6.45) is 12.9. The molecule has 0 bridgehead atoms. The Hall–Kier alpha value is -2.89. The minimum Gasteiger partial charge on any atom is -0.460 e. The van der Waals surface area contributed by atoms with Gasteiger partial charge >= 0.3 is 6.01 Å². The van der Waals surface area contributed by atoms with E-state index in [-0.39, 0.29) is 6.10 Å². The Morgan fingerprint density at radius 3 is 2.71 bits per heavy atom. The summed E-state index contributed by atoms with van der Waals surface area (Å²) in [5, 5.41) is 7.34. The van der Waals surface area contributed by atoms with Crippen molar-refractivity contribution in [1.82, 2.24) is 30.2 Å². The zero-order chi connectivity index (χ0) is 23.5. The molecular formula is C24H30N8O2S. The first-order valence-electron chi connectivity index (χ1n) is 12.3. The van der Waals surface area contributed by atoms with Crippen LogP contribution in [0.5, 0.6) is 6.01 Å². The number of nitrogens with one attached hydrogen (secondary N) is 2. The van der Waals surface area contributed by atoms with E-state index >= 15 is 0 Å². The van der Waals surface area contributed by atoms with Crippen LogP contribution in [0.1, 0.15) is 32.1 Å². The van der Waals surface area contributed by atoms with Crippen LogP contribution in [0.2, 0.25) is 0 Å². The van der Waals surface area contributed by atoms with Gasteiger partial charge in [-0.2, -0.15) is 4.98 Å². The second-order valence-corrected chi connectivity index (χ2v) is 10.6. The van der Waals surface area contributed by atoms with E-state index < -0.39 is 0 Å². The first-order chi connectivity index (χ1) is 17.2. The van der Waals surface area contributed by atoms with Gasteiger partial charge < -0.3 is 25.0 Å². The van der Waals surface area contributed by atoms with Crippen molar-refractivity contribution in [2.24, 2.45) is 5.41 Å². The number of hydrogen-bond acceptors (Lipinski definition) is 11. The summed E-state index contributed by atoms with van der Waals surface area (Å²) >= 11 is 1.50. The first-order valence-corrected chi connectivity index (χ1v) is 13.1. The Morgan fingerprint density at radius 1 is 1.06 bits per heavy atom. The molecule has 35 heavy (non-hydrogen) atoms. The van der Waals surface area contributed by atoms with Crippen molar-refractivity contribution < 1.29 is 9.47 Å². The van der Waals surface area contributed by atoms with Crippen molar-refractivity contribution in [1.29, 1.82) is 0 Å². The molecule has 0 radical (unpaired) electrons. The van der Waals surface area contributed by atoms with E-state index in [0.29, 0.717) is 22.5 Å². The van der Waals surface area contributed by atoms with Crippen molar-refractivity contribution in [3.8, 4) is 16.6 Å². The highest BCUT2D eigenvalue weighted by molar-refractivity contribution is 7.18. The molecule has 3 fully saturated rings. The third kappa shape index (κ3) is 5.21. The van der Waals surface area contributed by atoms with Crippen LogP contribution in [0.15, 0.2) is 30.9 Å². The molecule has 11 heteroatoms. The zero-order valence-corrected chi connectivity index (χ0v) is 20.5. The van der Waals surface area contributed by atoms with Crippen LogP contribution in [0.25, 0.3) is 10.6 Å². The minimum absolute atomic E-state index is 0.167. The summed E-state index contributed by atoms with van der Waals surface area (Å²) in [7, 11) is 0. The highest BCUT2D eigenvalue weighted by Gasteiger charge is 2.42. The van der Waals surface area contributed by atoms with Gasteiger partial charge in [0, 0.05) is 37.4 Å². The molecule has 3 aromatic rings. The Labute approximate surface area is 208 Å². The number of hydrogen-bond donors (Lipinski definition) is 2. The lowest BCUT2D eigenvalue weighted by atomic mass is 9.72. The number of anilines is 3.